The van der Waals surface area contributed by atoms with Crippen LogP contribution in [0.15, 0.2) is 54.6 Å². The predicted octanol–water partition coefficient (Wildman–Crippen LogP) is 2.33. The molecule has 2 aromatic carbocycles. The van der Waals surface area contributed by atoms with Gasteiger partial charge in [0, 0.05) is 6.54 Å². The molecule has 2 atom stereocenters. The zero-order chi connectivity index (χ0) is 17.7. The molecule has 25 heavy (non-hydrogen) atoms. The van der Waals surface area contributed by atoms with Crippen LogP contribution < -0.4 is 14.8 Å². The van der Waals surface area contributed by atoms with E-state index in [4.69, 9.17) is 9.47 Å². The molecule has 1 aliphatic heterocycles. The number of hydrogen-bond acceptors (Lipinski definition) is 4. The number of carbonyl (C=O) groups is 1. The molecular weight excluding hydrogens is 318 g/mol. The van der Waals surface area contributed by atoms with Crippen LogP contribution >= 0.6 is 0 Å². The number of hydrogen-bond donors (Lipinski definition) is 2. The molecular formula is C20H23NO4. The molecule has 0 saturated carbocycles. The van der Waals surface area contributed by atoms with Gasteiger partial charge in [0.1, 0.15) is 6.61 Å². The van der Waals surface area contributed by atoms with Crippen LogP contribution in [0.5, 0.6) is 11.5 Å². The molecule has 1 heterocycles. The molecule has 2 aromatic rings. The van der Waals surface area contributed by atoms with Crippen molar-refractivity contribution in [2.45, 2.75) is 31.5 Å². The van der Waals surface area contributed by atoms with Gasteiger partial charge in [0.25, 0.3) is 5.91 Å². The molecule has 3 rings (SSSR count). The van der Waals surface area contributed by atoms with Crippen LogP contribution in [0.3, 0.4) is 0 Å². The van der Waals surface area contributed by atoms with Crippen LogP contribution in [0, 0.1) is 0 Å². The molecule has 0 saturated heterocycles. The van der Waals surface area contributed by atoms with Gasteiger partial charge in [-0.15, -0.1) is 0 Å². The molecule has 0 radical (unpaired) electrons. The van der Waals surface area contributed by atoms with E-state index in [1.807, 2.05) is 42.5 Å². The number of amides is 1. The van der Waals surface area contributed by atoms with Gasteiger partial charge in [-0.25, -0.2) is 0 Å². The summed E-state index contributed by atoms with van der Waals surface area (Å²) >= 11 is 0. The first kappa shape index (κ1) is 17.3. The second-order valence-corrected chi connectivity index (χ2v) is 6.56. The number of para-hydroxylation sites is 2. The highest BCUT2D eigenvalue weighted by Gasteiger charge is 2.29. The highest BCUT2D eigenvalue weighted by molar-refractivity contribution is 5.81. The summed E-state index contributed by atoms with van der Waals surface area (Å²) in [7, 11) is 0. The highest BCUT2D eigenvalue weighted by Crippen LogP contribution is 2.30. The second kappa shape index (κ2) is 7.57. The fourth-order valence-corrected chi connectivity index (χ4v) is 2.69. The second-order valence-electron chi connectivity index (χ2n) is 6.56. The Morgan fingerprint density at radius 3 is 2.60 bits per heavy atom. The van der Waals surface area contributed by atoms with E-state index < -0.39 is 11.7 Å². The first-order valence-corrected chi connectivity index (χ1v) is 8.46. The molecule has 2 unspecified atom stereocenters. The van der Waals surface area contributed by atoms with E-state index in [2.05, 4.69) is 5.32 Å². The first-order valence-electron chi connectivity index (χ1n) is 8.46. The van der Waals surface area contributed by atoms with Crippen molar-refractivity contribution in [2.24, 2.45) is 0 Å². The summed E-state index contributed by atoms with van der Waals surface area (Å²) in [5, 5.41) is 13.3. The molecule has 1 aliphatic rings. The van der Waals surface area contributed by atoms with E-state index in [0.717, 1.165) is 12.0 Å². The Morgan fingerprint density at radius 1 is 1.16 bits per heavy atom. The van der Waals surface area contributed by atoms with Gasteiger partial charge < -0.3 is 19.9 Å². The lowest BCUT2D eigenvalue weighted by Crippen LogP contribution is -2.48. The van der Waals surface area contributed by atoms with Crippen molar-refractivity contribution in [3.63, 3.8) is 0 Å². The van der Waals surface area contributed by atoms with E-state index in [1.165, 1.54) is 0 Å². The van der Waals surface area contributed by atoms with Gasteiger partial charge in [-0.3, -0.25) is 4.79 Å². The predicted molar refractivity (Wildman–Crippen MR) is 94.7 cm³/mol. The molecule has 5 heteroatoms. The molecule has 1 amide bonds. The van der Waals surface area contributed by atoms with Crippen LogP contribution in [-0.2, 0) is 11.2 Å². The number of carbonyl (C=O) groups excluding carboxylic acids is 1. The molecule has 0 fully saturated rings. The minimum atomic E-state index is -0.987. The Bertz CT molecular complexity index is 715. The summed E-state index contributed by atoms with van der Waals surface area (Å²) in [5.41, 5.74) is 0.175. The quantitative estimate of drug-likeness (QED) is 0.846. The van der Waals surface area contributed by atoms with Crippen molar-refractivity contribution in [3.05, 3.63) is 60.2 Å². The molecule has 132 valence electrons. The van der Waals surface area contributed by atoms with Gasteiger partial charge >= 0.3 is 0 Å². The molecule has 5 nitrogen and oxygen atoms in total. The van der Waals surface area contributed by atoms with E-state index in [0.29, 0.717) is 17.9 Å². The number of aliphatic hydroxyl groups is 1. The summed E-state index contributed by atoms with van der Waals surface area (Å²) in [6.07, 6.45) is 0.599. The monoisotopic (exact) mass is 341 g/mol. The molecule has 2 N–H and O–H groups in total. The third-order valence-electron chi connectivity index (χ3n) is 4.24. The minimum Gasteiger partial charge on any atom is -0.485 e. The summed E-state index contributed by atoms with van der Waals surface area (Å²) in [6, 6.07) is 17.2. The SMILES string of the molecule is CC(O)(CCc1ccccc1)CNC(=O)C1COc2ccccc2O1. The van der Waals surface area contributed by atoms with Crippen molar-refractivity contribution in [3.8, 4) is 11.5 Å². The van der Waals surface area contributed by atoms with E-state index >= 15 is 0 Å². The average Bonchev–Trinajstić information content (AvgIpc) is 2.65. The summed E-state index contributed by atoms with van der Waals surface area (Å²) < 4.78 is 11.2. The van der Waals surface area contributed by atoms with Crippen LogP contribution in [0.25, 0.3) is 0 Å². The lowest BCUT2D eigenvalue weighted by Gasteiger charge is -2.28. The maximum absolute atomic E-state index is 12.3. The van der Waals surface area contributed by atoms with Crippen LogP contribution in [-0.4, -0.2) is 35.9 Å². The number of fused-ring (bicyclic) bond motifs is 1. The average molecular weight is 341 g/mol. The van der Waals surface area contributed by atoms with Crippen LogP contribution in [0.4, 0.5) is 0 Å². The summed E-state index contributed by atoms with van der Waals surface area (Å²) in [6.45, 7) is 2.05. The van der Waals surface area contributed by atoms with Crippen molar-refractivity contribution in [1.82, 2.24) is 5.32 Å². The number of ether oxygens (including phenoxy) is 2. The Hall–Kier alpha value is -2.53. The van der Waals surface area contributed by atoms with E-state index in [1.54, 1.807) is 19.1 Å². The topological polar surface area (TPSA) is 67.8 Å². The standard InChI is InChI=1S/C20H23NO4/c1-20(23,12-11-15-7-3-2-4-8-15)14-21-19(22)18-13-24-16-9-5-6-10-17(16)25-18/h2-10,18,23H,11-14H2,1H3,(H,21,22). The van der Waals surface area contributed by atoms with Gasteiger partial charge in [-0.2, -0.15) is 0 Å². The third-order valence-corrected chi connectivity index (χ3v) is 4.24. The van der Waals surface area contributed by atoms with E-state index in [-0.39, 0.29) is 19.1 Å². The van der Waals surface area contributed by atoms with Gasteiger partial charge in [-0.05, 0) is 37.5 Å². The molecule has 0 bridgehead atoms. The molecule has 0 aromatic heterocycles. The van der Waals surface area contributed by atoms with Crippen LogP contribution in [0.1, 0.15) is 18.9 Å². The Kier molecular flexibility index (Phi) is 5.24. The number of nitrogens with one attached hydrogen (secondary N) is 1. The zero-order valence-electron chi connectivity index (χ0n) is 14.3. The van der Waals surface area contributed by atoms with Crippen molar-refractivity contribution >= 4 is 5.91 Å². The lowest BCUT2D eigenvalue weighted by molar-refractivity contribution is -0.131. The van der Waals surface area contributed by atoms with E-state index in [9.17, 15) is 9.90 Å². The van der Waals surface area contributed by atoms with Gasteiger partial charge in [-0.1, -0.05) is 42.5 Å². The molecule has 0 spiro atoms. The Balaban J connectivity index is 1.48. The highest BCUT2D eigenvalue weighted by atomic mass is 16.6. The summed E-state index contributed by atoms with van der Waals surface area (Å²) in [4.78, 5) is 12.3. The third kappa shape index (κ3) is 4.73. The molecule has 0 aliphatic carbocycles. The van der Waals surface area contributed by atoms with Crippen molar-refractivity contribution in [1.29, 1.82) is 0 Å². The maximum Gasteiger partial charge on any atom is 0.264 e. The number of aryl methyl sites for hydroxylation is 1. The lowest BCUT2D eigenvalue weighted by atomic mass is 9.96. The first-order chi connectivity index (χ1) is 12.0. The van der Waals surface area contributed by atoms with Gasteiger partial charge in [0.15, 0.2) is 11.5 Å². The Morgan fingerprint density at radius 2 is 1.84 bits per heavy atom. The Labute approximate surface area is 147 Å². The van der Waals surface area contributed by atoms with Crippen molar-refractivity contribution in [2.75, 3.05) is 13.2 Å². The van der Waals surface area contributed by atoms with Crippen LogP contribution in [0.2, 0.25) is 0 Å². The fraction of sp³-hybridized carbons (Fsp3) is 0.350. The smallest absolute Gasteiger partial charge is 0.264 e. The van der Waals surface area contributed by atoms with Gasteiger partial charge in [0.05, 0.1) is 5.60 Å². The maximum atomic E-state index is 12.3. The fourth-order valence-electron chi connectivity index (χ4n) is 2.69. The number of rotatable bonds is 6. The zero-order valence-corrected chi connectivity index (χ0v) is 14.3. The van der Waals surface area contributed by atoms with Gasteiger partial charge in [0.2, 0.25) is 6.10 Å². The normalized spacial score (nSPS) is 18.2. The summed E-state index contributed by atoms with van der Waals surface area (Å²) in [5.74, 6) is 0.917. The van der Waals surface area contributed by atoms with Crippen molar-refractivity contribution < 1.29 is 19.4 Å². The minimum absolute atomic E-state index is 0.162. The number of benzene rings is 2. The largest absolute Gasteiger partial charge is 0.485 e.